The van der Waals surface area contributed by atoms with E-state index in [4.69, 9.17) is 27.9 Å². The maximum atomic E-state index is 13.1. The number of hydrogen-bond acceptors (Lipinski definition) is 9. The summed E-state index contributed by atoms with van der Waals surface area (Å²) < 4.78 is 30.7. The summed E-state index contributed by atoms with van der Waals surface area (Å²) in [5.74, 6) is -0.415. The highest BCUT2D eigenvalue weighted by Crippen LogP contribution is 2.34. The van der Waals surface area contributed by atoms with Crippen LogP contribution in [-0.4, -0.2) is 41.6 Å². The lowest BCUT2D eigenvalue weighted by atomic mass is 10.0. The van der Waals surface area contributed by atoms with Crippen molar-refractivity contribution in [3.8, 4) is 16.9 Å². The van der Waals surface area contributed by atoms with Crippen LogP contribution in [0.3, 0.4) is 0 Å². The largest absolute Gasteiger partial charge is 0.494 e. The fourth-order valence-corrected chi connectivity index (χ4v) is 5.76. The minimum absolute atomic E-state index is 0.0240. The fraction of sp³-hybridized carbons (Fsp3) is 0.136. The van der Waals surface area contributed by atoms with Crippen molar-refractivity contribution in [1.82, 2.24) is 20.2 Å². The zero-order valence-electron chi connectivity index (χ0n) is 18.3. The zero-order chi connectivity index (χ0) is 25.2. The van der Waals surface area contributed by atoms with Gasteiger partial charge < -0.3 is 4.74 Å². The standard InChI is InChI=1S/C22H17Cl2N5O4S2/c1-12-7-15(16-8-19(24)26-10-18(16)33-2)17(9-25-12)20(30)27-21-28-29-22(34-21)35(31,32)11-13-3-5-14(23)6-4-13/h3-10H,11H2,1-2H3,(H,27,28,30). The molecule has 3 heterocycles. The number of hydrogen-bond donors (Lipinski definition) is 1. The molecule has 35 heavy (non-hydrogen) atoms. The van der Waals surface area contributed by atoms with Crippen LogP contribution in [0.5, 0.6) is 5.75 Å². The molecule has 0 aliphatic rings. The van der Waals surface area contributed by atoms with E-state index in [-0.39, 0.29) is 25.9 Å². The van der Waals surface area contributed by atoms with Crippen molar-refractivity contribution < 1.29 is 17.9 Å². The lowest BCUT2D eigenvalue weighted by Crippen LogP contribution is -2.14. The highest BCUT2D eigenvalue weighted by Gasteiger charge is 2.23. The van der Waals surface area contributed by atoms with Gasteiger partial charge in [-0.1, -0.05) is 46.7 Å². The monoisotopic (exact) mass is 549 g/mol. The molecular formula is C22H17Cl2N5O4S2. The molecule has 1 amide bonds. The Morgan fingerprint density at radius 1 is 1.06 bits per heavy atom. The van der Waals surface area contributed by atoms with Gasteiger partial charge >= 0.3 is 0 Å². The van der Waals surface area contributed by atoms with Crippen molar-refractivity contribution in [2.75, 3.05) is 12.4 Å². The van der Waals surface area contributed by atoms with Crippen molar-refractivity contribution in [3.05, 3.63) is 75.8 Å². The third kappa shape index (κ3) is 5.76. The number of sulfone groups is 1. The summed E-state index contributed by atoms with van der Waals surface area (Å²) in [6.07, 6.45) is 2.87. The quantitative estimate of drug-likeness (QED) is 0.256. The van der Waals surface area contributed by atoms with E-state index in [9.17, 15) is 13.2 Å². The smallest absolute Gasteiger partial charge is 0.259 e. The van der Waals surface area contributed by atoms with E-state index in [2.05, 4.69) is 25.5 Å². The van der Waals surface area contributed by atoms with Crippen molar-refractivity contribution in [2.24, 2.45) is 0 Å². The summed E-state index contributed by atoms with van der Waals surface area (Å²) in [5, 5.41) is 10.9. The lowest BCUT2D eigenvalue weighted by molar-refractivity contribution is 0.102. The maximum absolute atomic E-state index is 13.1. The van der Waals surface area contributed by atoms with Crippen LogP contribution in [-0.2, 0) is 15.6 Å². The zero-order valence-corrected chi connectivity index (χ0v) is 21.5. The van der Waals surface area contributed by atoms with E-state index in [0.29, 0.717) is 33.2 Å². The molecule has 3 aromatic heterocycles. The van der Waals surface area contributed by atoms with Gasteiger partial charge in [-0.2, -0.15) is 0 Å². The number of nitrogens with one attached hydrogen (secondary N) is 1. The molecule has 4 rings (SSSR count). The SMILES string of the molecule is COc1cnc(Cl)cc1-c1cc(C)ncc1C(=O)Nc1nnc(S(=O)(=O)Cc2ccc(Cl)cc2)s1. The highest BCUT2D eigenvalue weighted by atomic mass is 35.5. The average molecular weight is 550 g/mol. The lowest BCUT2D eigenvalue weighted by Gasteiger charge is -2.13. The summed E-state index contributed by atoms with van der Waals surface area (Å²) in [6, 6.07) is 9.75. The van der Waals surface area contributed by atoms with Crippen molar-refractivity contribution >= 4 is 55.4 Å². The number of amides is 1. The van der Waals surface area contributed by atoms with E-state index in [0.717, 1.165) is 11.3 Å². The minimum atomic E-state index is -3.78. The average Bonchev–Trinajstić information content (AvgIpc) is 3.30. The number of halogens is 2. The second-order valence-corrected chi connectivity index (χ2v) is 11.3. The molecule has 13 heteroatoms. The summed E-state index contributed by atoms with van der Waals surface area (Å²) >= 11 is 12.7. The Morgan fingerprint density at radius 2 is 1.80 bits per heavy atom. The second-order valence-electron chi connectivity index (χ2n) is 7.29. The van der Waals surface area contributed by atoms with Gasteiger partial charge in [0.25, 0.3) is 5.91 Å². The van der Waals surface area contributed by atoms with Crippen molar-refractivity contribution in [3.63, 3.8) is 0 Å². The number of anilines is 1. The molecule has 180 valence electrons. The Kier molecular flexibility index (Phi) is 7.31. The Balaban J connectivity index is 1.60. The van der Waals surface area contributed by atoms with Crippen LogP contribution < -0.4 is 10.1 Å². The van der Waals surface area contributed by atoms with Gasteiger partial charge in [-0.05, 0) is 36.8 Å². The number of benzene rings is 1. The number of carbonyl (C=O) groups excluding carboxylic acids is 1. The summed E-state index contributed by atoms with van der Waals surface area (Å²) in [4.78, 5) is 21.3. The topological polar surface area (TPSA) is 124 Å². The molecule has 1 aromatic carbocycles. The number of rotatable bonds is 7. The number of methoxy groups -OCH3 is 1. The van der Waals surface area contributed by atoms with E-state index in [1.807, 2.05) is 0 Å². The molecular weight excluding hydrogens is 533 g/mol. The summed E-state index contributed by atoms with van der Waals surface area (Å²) in [5.41, 5.74) is 2.48. The molecule has 0 saturated heterocycles. The number of pyridine rings is 2. The number of aryl methyl sites for hydroxylation is 1. The first-order chi connectivity index (χ1) is 16.7. The normalized spacial score (nSPS) is 11.3. The first-order valence-electron chi connectivity index (χ1n) is 9.95. The minimum Gasteiger partial charge on any atom is -0.494 e. The Bertz CT molecular complexity index is 1510. The molecule has 0 radical (unpaired) electrons. The maximum Gasteiger partial charge on any atom is 0.259 e. The van der Waals surface area contributed by atoms with Crippen LogP contribution in [0, 0.1) is 6.92 Å². The van der Waals surface area contributed by atoms with E-state index < -0.39 is 15.7 Å². The summed E-state index contributed by atoms with van der Waals surface area (Å²) in [7, 11) is -2.29. The number of carbonyl (C=O) groups is 1. The van der Waals surface area contributed by atoms with Crippen molar-refractivity contribution in [1.29, 1.82) is 0 Å². The predicted octanol–water partition coefficient (Wildman–Crippen LogP) is 4.85. The molecule has 9 nitrogen and oxygen atoms in total. The van der Waals surface area contributed by atoms with Crippen LogP contribution in [0.4, 0.5) is 5.13 Å². The van der Waals surface area contributed by atoms with Gasteiger partial charge in [0.05, 0.1) is 24.6 Å². The van der Waals surface area contributed by atoms with E-state index in [1.165, 1.54) is 19.5 Å². The van der Waals surface area contributed by atoms with Gasteiger partial charge in [0.15, 0.2) is 0 Å². The van der Waals surface area contributed by atoms with Gasteiger partial charge in [0, 0.05) is 28.0 Å². The first kappa shape index (κ1) is 25.0. The molecule has 0 spiro atoms. The highest BCUT2D eigenvalue weighted by molar-refractivity contribution is 7.92. The predicted molar refractivity (Wildman–Crippen MR) is 134 cm³/mol. The first-order valence-corrected chi connectivity index (χ1v) is 13.2. The fourth-order valence-electron chi connectivity index (χ4n) is 3.17. The molecule has 0 atom stereocenters. The Morgan fingerprint density at radius 3 is 2.51 bits per heavy atom. The van der Waals surface area contributed by atoms with Gasteiger partial charge in [0.1, 0.15) is 10.9 Å². The van der Waals surface area contributed by atoms with Crippen LogP contribution in [0.2, 0.25) is 10.2 Å². The number of ether oxygens (including phenoxy) is 1. The van der Waals surface area contributed by atoms with Crippen LogP contribution >= 0.6 is 34.5 Å². The molecule has 0 fully saturated rings. The van der Waals surface area contributed by atoms with Crippen molar-refractivity contribution in [2.45, 2.75) is 17.0 Å². The Labute approximate surface area is 215 Å². The third-order valence-electron chi connectivity index (χ3n) is 4.79. The van der Waals surface area contributed by atoms with Gasteiger partial charge in [-0.15, -0.1) is 10.2 Å². The number of aromatic nitrogens is 4. The van der Waals surface area contributed by atoms with Gasteiger partial charge in [0.2, 0.25) is 19.3 Å². The molecule has 1 N–H and O–H groups in total. The molecule has 0 bridgehead atoms. The van der Waals surface area contributed by atoms with E-state index >= 15 is 0 Å². The number of nitrogens with zero attached hydrogens (tertiary/aromatic N) is 4. The van der Waals surface area contributed by atoms with Crippen LogP contribution in [0.25, 0.3) is 11.1 Å². The molecule has 0 aliphatic heterocycles. The second kappa shape index (κ2) is 10.2. The van der Waals surface area contributed by atoms with Gasteiger partial charge in [-0.3, -0.25) is 15.1 Å². The van der Waals surface area contributed by atoms with Crippen LogP contribution in [0.1, 0.15) is 21.6 Å². The molecule has 0 aliphatic carbocycles. The van der Waals surface area contributed by atoms with Crippen LogP contribution in [0.15, 0.2) is 53.1 Å². The molecule has 0 unspecified atom stereocenters. The third-order valence-corrected chi connectivity index (χ3v) is 8.22. The molecule has 0 saturated carbocycles. The molecule has 4 aromatic rings. The van der Waals surface area contributed by atoms with Gasteiger partial charge in [-0.25, -0.2) is 13.4 Å². The summed E-state index contributed by atoms with van der Waals surface area (Å²) in [6.45, 7) is 1.78. The Hall–Kier alpha value is -3.12. The van der Waals surface area contributed by atoms with E-state index in [1.54, 1.807) is 43.3 Å².